The molecule has 2 rings (SSSR count). The van der Waals surface area contributed by atoms with Crippen molar-refractivity contribution in [2.45, 2.75) is 39.8 Å². The molecule has 0 fully saturated rings. The lowest BCUT2D eigenvalue weighted by atomic mass is 9.91. The second kappa shape index (κ2) is 4.92. The number of aryl methyl sites for hydroxylation is 1. The predicted octanol–water partition coefficient (Wildman–Crippen LogP) is 0.892. The first-order valence-electron chi connectivity index (χ1n) is 6.63. The maximum absolute atomic E-state index is 12.6. The Hall–Kier alpha value is -1.85. The molecule has 1 aliphatic rings. The van der Waals surface area contributed by atoms with Gasteiger partial charge in [0.15, 0.2) is 0 Å². The summed E-state index contributed by atoms with van der Waals surface area (Å²) in [4.78, 5) is 30.5. The molecule has 1 atom stereocenters. The van der Waals surface area contributed by atoms with Crippen molar-refractivity contribution in [2.24, 2.45) is 12.5 Å². The molecule has 6 heteroatoms. The predicted molar refractivity (Wildman–Crippen MR) is 72.7 cm³/mol. The minimum absolute atomic E-state index is 0.0558. The van der Waals surface area contributed by atoms with Crippen LogP contribution in [0.1, 0.15) is 32.2 Å². The van der Waals surface area contributed by atoms with Gasteiger partial charge in [0.25, 0.3) is 0 Å². The molecule has 0 saturated heterocycles. The van der Waals surface area contributed by atoms with Crippen LogP contribution in [0.25, 0.3) is 0 Å². The number of imidazole rings is 1. The van der Waals surface area contributed by atoms with E-state index in [2.05, 4.69) is 4.98 Å². The molecule has 0 N–H and O–H groups in total. The molecular formula is C14H21N3O3. The van der Waals surface area contributed by atoms with E-state index in [0.29, 0.717) is 13.0 Å². The first-order valence-corrected chi connectivity index (χ1v) is 6.63. The van der Waals surface area contributed by atoms with E-state index in [0.717, 1.165) is 11.4 Å². The number of fused-ring (bicyclic) bond motifs is 1. The van der Waals surface area contributed by atoms with Crippen LogP contribution in [0.3, 0.4) is 0 Å². The summed E-state index contributed by atoms with van der Waals surface area (Å²) < 4.78 is 6.73. The molecule has 2 heterocycles. The van der Waals surface area contributed by atoms with Crippen molar-refractivity contribution in [1.29, 1.82) is 0 Å². The third-order valence-electron chi connectivity index (χ3n) is 3.60. The lowest BCUT2D eigenvalue weighted by molar-refractivity contribution is -0.157. The van der Waals surface area contributed by atoms with Crippen molar-refractivity contribution in [2.75, 3.05) is 7.11 Å². The molecule has 0 aliphatic carbocycles. The Labute approximate surface area is 118 Å². The molecular weight excluding hydrogens is 258 g/mol. The van der Waals surface area contributed by atoms with Gasteiger partial charge in [-0.1, -0.05) is 20.8 Å². The normalized spacial score (nSPS) is 18.6. The highest BCUT2D eigenvalue weighted by molar-refractivity contribution is 5.88. The molecule has 1 amide bonds. The molecule has 1 aliphatic heterocycles. The zero-order chi connectivity index (χ0) is 15.1. The van der Waals surface area contributed by atoms with E-state index in [1.54, 1.807) is 11.2 Å². The van der Waals surface area contributed by atoms with Gasteiger partial charge >= 0.3 is 5.97 Å². The van der Waals surface area contributed by atoms with Crippen molar-refractivity contribution in [3.63, 3.8) is 0 Å². The van der Waals surface area contributed by atoms with E-state index in [9.17, 15) is 9.59 Å². The molecule has 0 saturated carbocycles. The molecule has 6 nitrogen and oxygen atoms in total. The van der Waals surface area contributed by atoms with Crippen molar-refractivity contribution >= 4 is 11.9 Å². The van der Waals surface area contributed by atoms with E-state index in [1.165, 1.54) is 7.11 Å². The van der Waals surface area contributed by atoms with Gasteiger partial charge in [0, 0.05) is 18.9 Å². The van der Waals surface area contributed by atoms with Gasteiger partial charge in [-0.2, -0.15) is 0 Å². The minimum atomic E-state index is -0.589. The molecule has 0 unspecified atom stereocenters. The number of amides is 1. The summed E-state index contributed by atoms with van der Waals surface area (Å²) in [6.45, 7) is 5.94. The van der Waals surface area contributed by atoms with Crippen LogP contribution in [0, 0.1) is 5.41 Å². The molecule has 110 valence electrons. The number of ether oxygens (including phenoxy) is 1. The van der Waals surface area contributed by atoms with Gasteiger partial charge in [-0.25, -0.2) is 9.78 Å². The average molecular weight is 279 g/mol. The number of esters is 1. The summed E-state index contributed by atoms with van der Waals surface area (Å²) in [5.74, 6) is -0.446. The third kappa shape index (κ3) is 2.42. The lowest BCUT2D eigenvalue weighted by Gasteiger charge is -2.37. The Bertz CT molecular complexity index is 542. The van der Waals surface area contributed by atoms with E-state index in [4.69, 9.17) is 4.74 Å². The highest BCUT2D eigenvalue weighted by atomic mass is 16.5. The first-order chi connectivity index (χ1) is 9.25. The van der Waals surface area contributed by atoms with Crippen LogP contribution < -0.4 is 0 Å². The summed E-state index contributed by atoms with van der Waals surface area (Å²) in [5, 5.41) is 0. The zero-order valence-corrected chi connectivity index (χ0v) is 12.6. The average Bonchev–Trinajstić information content (AvgIpc) is 2.75. The smallest absolute Gasteiger partial charge is 0.329 e. The van der Waals surface area contributed by atoms with Gasteiger partial charge in [-0.3, -0.25) is 4.79 Å². The third-order valence-corrected chi connectivity index (χ3v) is 3.60. The molecule has 20 heavy (non-hydrogen) atoms. The van der Waals surface area contributed by atoms with Crippen LogP contribution in [0.15, 0.2) is 6.33 Å². The fourth-order valence-electron chi connectivity index (χ4n) is 2.43. The van der Waals surface area contributed by atoms with Crippen LogP contribution in [0.2, 0.25) is 0 Å². The number of hydrogen-bond acceptors (Lipinski definition) is 4. The van der Waals surface area contributed by atoms with Crippen molar-refractivity contribution < 1.29 is 14.3 Å². The summed E-state index contributed by atoms with van der Waals surface area (Å²) in [6, 6.07) is -0.589. The van der Waals surface area contributed by atoms with Gasteiger partial charge < -0.3 is 14.2 Å². The fraction of sp³-hybridized carbons (Fsp3) is 0.643. The van der Waals surface area contributed by atoms with E-state index >= 15 is 0 Å². The van der Waals surface area contributed by atoms with Crippen molar-refractivity contribution in [3.05, 3.63) is 17.7 Å². The second-order valence-corrected chi connectivity index (χ2v) is 6.17. The molecule has 1 aromatic heterocycles. The molecule has 0 aromatic carbocycles. The Morgan fingerprint density at radius 3 is 2.60 bits per heavy atom. The molecule has 1 aromatic rings. The highest BCUT2D eigenvalue weighted by Gasteiger charge is 2.40. The van der Waals surface area contributed by atoms with Crippen LogP contribution in [-0.2, 0) is 34.3 Å². The van der Waals surface area contributed by atoms with E-state index in [1.807, 2.05) is 32.4 Å². The minimum Gasteiger partial charge on any atom is -0.467 e. The topological polar surface area (TPSA) is 64.4 Å². The zero-order valence-electron chi connectivity index (χ0n) is 12.6. The highest BCUT2D eigenvalue weighted by Crippen LogP contribution is 2.28. The summed E-state index contributed by atoms with van der Waals surface area (Å²) in [5.41, 5.74) is 1.30. The van der Waals surface area contributed by atoms with Gasteiger partial charge in [-0.15, -0.1) is 0 Å². The lowest BCUT2D eigenvalue weighted by Crippen LogP contribution is -2.52. The second-order valence-electron chi connectivity index (χ2n) is 6.17. The van der Waals surface area contributed by atoms with Gasteiger partial charge in [0.05, 0.1) is 31.4 Å². The van der Waals surface area contributed by atoms with E-state index < -0.39 is 11.5 Å². The number of methoxy groups -OCH3 is 1. The number of rotatable bonds is 1. The summed E-state index contributed by atoms with van der Waals surface area (Å²) in [6.07, 6.45) is 2.12. The van der Waals surface area contributed by atoms with Gasteiger partial charge in [0.2, 0.25) is 5.91 Å². The first kappa shape index (κ1) is 14.6. The Kier molecular flexibility index (Phi) is 3.58. The number of nitrogens with zero attached hydrogens (tertiary/aromatic N) is 3. The summed E-state index contributed by atoms with van der Waals surface area (Å²) >= 11 is 0. The number of aromatic nitrogens is 2. The number of hydrogen-bond donors (Lipinski definition) is 0. The molecule has 0 spiro atoms. The van der Waals surface area contributed by atoms with Crippen LogP contribution in [0.4, 0.5) is 0 Å². The summed E-state index contributed by atoms with van der Waals surface area (Å²) in [7, 11) is 3.24. The van der Waals surface area contributed by atoms with Crippen LogP contribution in [-0.4, -0.2) is 39.5 Å². The van der Waals surface area contributed by atoms with Crippen molar-refractivity contribution in [1.82, 2.24) is 14.5 Å². The van der Waals surface area contributed by atoms with Crippen LogP contribution >= 0.6 is 0 Å². The quantitative estimate of drug-likeness (QED) is 0.716. The standard InChI is InChI=1S/C14H21N3O3/c1-14(2,3)13(19)17-7-11-9(15-8-16(11)4)6-10(17)12(18)20-5/h8,10H,6-7H2,1-5H3/t10-/m0/s1. The van der Waals surface area contributed by atoms with Gasteiger partial charge in [0.1, 0.15) is 6.04 Å². The fourth-order valence-corrected chi connectivity index (χ4v) is 2.43. The monoisotopic (exact) mass is 279 g/mol. The van der Waals surface area contributed by atoms with E-state index in [-0.39, 0.29) is 11.9 Å². The Morgan fingerprint density at radius 2 is 2.05 bits per heavy atom. The molecule has 0 bridgehead atoms. The van der Waals surface area contributed by atoms with Crippen molar-refractivity contribution in [3.8, 4) is 0 Å². The maximum Gasteiger partial charge on any atom is 0.329 e. The Morgan fingerprint density at radius 1 is 1.40 bits per heavy atom. The Balaban J connectivity index is 2.39. The largest absolute Gasteiger partial charge is 0.467 e. The molecule has 0 radical (unpaired) electrons. The van der Waals surface area contributed by atoms with Crippen LogP contribution in [0.5, 0.6) is 0 Å². The SMILES string of the molecule is COC(=O)[C@@H]1Cc2ncn(C)c2CN1C(=O)C(C)(C)C. The van der Waals surface area contributed by atoms with Gasteiger partial charge in [-0.05, 0) is 0 Å². The maximum atomic E-state index is 12.6. The number of carbonyl (C=O) groups is 2. The number of carbonyl (C=O) groups excluding carboxylic acids is 2.